The molecule has 1 rings (SSSR count). The van der Waals surface area contributed by atoms with E-state index in [1.807, 2.05) is 25.7 Å². The van der Waals surface area contributed by atoms with E-state index >= 15 is 0 Å². The van der Waals surface area contributed by atoms with Gasteiger partial charge in [-0.2, -0.15) is 0 Å². The fourth-order valence-electron chi connectivity index (χ4n) is 2.47. The molecule has 0 aromatic carbocycles. The van der Waals surface area contributed by atoms with Crippen molar-refractivity contribution in [3.8, 4) is 0 Å². The molecule has 0 aromatic heterocycles. The van der Waals surface area contributed by atoms with E-state index in [9.17, 15) is 9.59 Å². The van der Waals surface area contributed by atoms with Crippen LogP contribution in [-0.2, 0) is 9.59 Å². The molecule has 0 spiro atoms. The van der Waals surface area contributed by atoms with Gasteiger partial charge in [0.25, 0.3) is 0 Å². The van der Waals surface area contributed by atoms with Crippen LogP contribution in [0.1, 0.15) is 47.5 Å². The highest BCUT2D eigenvalue weighted by atomic mass is 16.2. The number of hydrogen-bond acceptors (Lipinski definition) is 2. The third-order valence-corrected chi connectivity index (χ3v) is 3.23. The molecule has 1 aliphatic heterocycles. The fraction of sp³-hybridized carbons (Fsp3) is 0.857. The normalized spacial score (nSPS) is 24.2. The Morgan fingerprint density at radius 3 is 2.33 bits per heavy atom. The van der Waals surface area contributed by atoms with Crippen LogP contribution in [0.2, 0.25) is 0 Å². The number of rotatable bonds is 3. The van der Waals surface area contributed by atoms with Crippen molar-refractivity contribution in [1.29, 1.82) is 0 Å². The van der Waals surface area contributed by atoms with E-state index in [0.717, 1.165) is 13.0 Å². The van der Waals surface area contributed by atoms with Crippen LogP contribution in [0.5, 0.6) is 0 Å². The van der Waals surface area contributed by atoms with Gasteiger partial charge in [0.2, 0.25) is 11.8 Å². The van der Waals surface area contributed by atoms with Crippen LogP contribution in [0.25, 0.3) is 0 Å². The summed E-state index contributed by atoms with van der Waals surface area (Å²) in [5.74, 6) is 0.555. The van der Waals surface area contributed by atoms with E-state index in [1.165, 1.54) is 0 Å². The minimum atomic E-state index is -0.0456. The highest BCUT2D eigenvalue weighted by Crippen LogP contribution is 2.22. The average Bonchev–Trinajstić information content (AvgIpc) is 2.52. The molecule has 0 bridgehead atoms. The predicted octanol–water partition coefficient (Wildman–Crippen LogP) is 1.80. The minimum absolute atomic E-state index is 0.0362. The summed E-state index contributed by atoms with van der Waals surface area (Å²) in [5, 5.41) is 2.72. The Bertz CT molecular complexity index is 320. The lowest BCUT2D eigenvalue weighted by molar-refractivity contribution is -0.133. The van der Waals surface area contributed by atoms with Gasteiger partial charge in [-0.3, -0.25) is 9.59 Å². The Morgan fingerprint density at radius 1 is 1.28 bits per heavy atom. The second kappa shape index (κ2) is 5.72. The third-order valence-electron chi connectivity index (χ3n) is 3.23. The van der Waals surface area contributed by atoms with Crippen LogP contribution in [0.4, 0.5) is 0 Å². The molecule has 1 fully saturated rings. The summed E-state index contributed by atoms with van der Waals surface area (Å²) >= 11 is 0. The molecule has 18 heavy (non-hydrogen) atoms. The number of amides is 2. The van der Waals surface area contributed by atoms with Crippen LogP contribution in [0.15, 0.2) is 0 Å². The Hall–Kier alpha value is -1.06. The largest absolute Gasteiger partial charge is 0.347 e. The monoisotopic (exact) mass is 254 g/mol. The first-order chi connectivity index (χ1) is 8.19. The van der Waals surface area contributed by atoms with Crippen molar-refractivity contribution in [3.63, 3.8) is 0 Å². The van der Waals surface area contributed by atoms with Gasteiger partial charge in [-0.05, 0) is 24.7 Å². The molecule has 0 aliphatic carbocycles. The maximum Gasteiger partial charge on any atom is 0.242 e. The van der Waals surface area contributed by atoms with Crippen molar-refractivity contribution < 1.29 is 9.59 Å². The highest BCUT2D eigenvalue weighted by Gasteiger charge is 2.29. The first kappa shape index (κ1) is 15.0. The van der Waals surface area contributed by atoms with E-state index in [-0.39, 0.29) is 23.8 Å². The van der Waals surface area contributed by atoms with Crippen LogP contribution < -0.4 is 5.32 Å². The molecule has 0 unspecified atom stereocenters. The van der Waals surface area contributed by atoms with E-state index in [0.29, 0.717) is 18.4 Å². The second-order valence-corrected chi connectivity index (χ2v) is 6.75. The summed E-state index contributed by atoms with van der Waals surface area (Å²) in [6.07, 6.45) is 1.51. The zero-order chi connectivity index (χ0) is 13.9. The van der Waals surface area contributed by atoms with Gasteiger partial charge in [0.15, 0.2) is 0 Å². The van der Waals surface area contributed by atoms with Gasteiger partial charge >= 0.3 is 0 Å². The van der Waals surface area contributed by atoms with E-state index in [2.05, 4.69) is 19.2 Å². The lowest BCUT2D eigenvalue weighted by atomic mass is 9.92. The maximum absolute atomic E-state index is 12.0. The molecule has 1 saturated heterocycles. The van der Waals surface area contributed by atoms with Gasteiger partial charge in [-0.1, -0.05) is 27.7 Å². The lowest BCUT2D eigenvalue weighted by Crippen LogP contribution is -2.42. The van der Waals surface area contributed by atoms with Crippen molar-refractivity contribution >= 4 is 11.8 Å². The number of nitrogens with one attached hydrogen (secondary N) is 1. The third kappa shape index (κ3) is 4.67. The number of carbonyl (C=O) groups excluding carboxylic acids is 2. The standard InChI is InChI=1S/C14H26N2O2/c1-10-6-11(2)16(9-10)13(18)8-15-12(17)7-14(3,4)5/h10-11H,6-9H2,1-5H3,(H,15,17)/t10-,11+/m0/s1. The lowest BCUT2D eigenvalue weighted by Gasteiger charge is -2.22. The molecule has 0 aromatic rings. The Balaban J connectivity index is 2.35. The molecular weight excluding hydrogens is 228 g/mol. The molecule has 0 radical (unpaired) electrons. The SMILES string of the molecule is C[C@H]1C[C@@H](C)N(C(=O)CNC(=O)CC(C)(C)C)C1. The van der Waals surface area contributed by atoms with Gasteiger partial charge in [-0.25, -0.2) is 0 Å². The number of nitrogens with zero attached hydrogens (tertiary/aromatic N) is 1. The van der Waals surface area contributed by atoms with Gasteiger partial charge in [0, 0.05) is 19.0 Å². The maximum atomic E-state index is 12.0. The summed E-state index contributed by atoms with van der Waals surface area (Å²) in [6.45, 7) is 11.2. The predicted molar refractivity (Wildman–Crippen MR) is 72.0 cm³/mol. The van der Waals surface area contributed by atoms with Crippen molar-refractivity contribution in [2.75, 3.05) is 13.1 Å². The van der Waals surface area contributed by atoms with Crippen LogP contribution in [0, 0.1) is 11.3 Å². The summed E-state index contributed by atoms with van der Waals surface area (Å²) < 4.78 is 0. The Morgan fingerprint density at radius 2 is 1.89 bits per heavy atom. The summed E-state index contributed by atoms with van der Waals surface area (Å²) in [5.41, 5.74) is -0.0391. The zero-order valence-electron chi connectivity index (χ0n) is 12.2. The van der Waals surface area contributed by atoms with E-state index < -0.39 is 0 Å². The highest BCUT2D eigenvalue weighted by molar-refractivity contribution is 5.85. The van der Waals surface area contributed by atoms with Crippen molar-refractivity contribution in [2.45, 2.75) is 53.5 Å². The van der Waals surface area contributed by atoms with Gasteiger partial charge in [0.05, 0.1) is 6.54 Å². The molecule has 1 aliphatic rings. The zero-order valence-corrected chi connectivity index (χ0v) is 12.2. The van der Waals surface area contributed by atoms with E-state index in [1.54, 1.807) is 0 Å². The number of carbonyl (C=O) groups is 2. The topological polar surface area (TPSA) is 49.4 Å². The molecule has 1 heterocycles. The first-order valence-corrected chi connectivity index (χ1v) is 6.75. The number of likely N-dealkylation sites (tertiary alicyclic amines) is 1. The van der Waals surface area contributed by atoms with Crippen molar-refractivity contribution in [2.24, 2.45) is 11.3 Å². The first-order valence-electron chi connectivity index (χ1n) is 6.75. The summed E-state index contributed by atoms with van der Waals surface area (Å²) in [6, 6.07) is 0.298. The molecule has 0 saturated carbocycles. The minimum Gasteiger partial charge on any atom is -0.347 e. The molecule has 1 N–H and O–H groups in total. The number of hydrogen-bond donors (Lipinski definition) is 1. The average molecular weight is 254 g/mol. The quantitative estimate of drug-likeness (QED) is 0.835. The molecule has 4 heteroatoms. The Labute approximate surface area is 110 Å². The van der Waals surface area contributed by atoms with Crippen LogP contribution >= 0.6 is 0 Å². The summed E-state index contributed by atoms with van der Waals surface area (Å²) in [4.78, 5) is 25.5. The fourth-order valence-corrected chi connectivity index (χ4v) is 2.47. The second-order valence-electron chi connectivity index (χ2n) is 6.75. The van der Waals surface area contributed by atoms with E-state index in [4.69, 9.17) is 0 Å². The van der Waals surface area contributed by atoms with Gasteiger partial charge in [-0.15, -0.1) is 0 Å². The molecular formula is C14H26N2O2. The van der Waals surface area contributed by atoms with Gasteiger partial charge in [0.1, 0.15) is 0 Å². The smallest absolute Gasteiger partial charge is 0.242 e. The summed E-state index contributed by atoms with van der Waals surface area (Å²) in [7, 11) is 0. The molecule has 104 valence electrons. The van der Waals surface area contributed by atoms with Crippen LogP contribution in [0.3, 0.4) is 0 Å². The van der Waals surface area contributed by atoms with Gasteiger partial charge < -0.3 is 10.2 Å². The van der Waals surface area contributed by atoms with Crippen LogP contribution in [-0.4, -0.2) is 35.8 Å². The Kier molecular flexibility index (Phi) is 4.77. The van der Waals surface area contributed by atoms with Crippen molar-refractivity contribution in [3.05, 3.63) is 0 Å². The molecule has 4 nitrogen and oxygen atoms in total. The van der Waals surface area contributed by atoms with Crippen molar-refractivity contribution in [1.82, 2.24) is 10.2 Å². The molecule has 2 amide bonds. The molecule has 2 atom stereocenters.